The Bertz CT molecular complexity index is 586. The summed E-state index contributed by atoms with van der Waals surface area (Å²) >= 11 is 0. The molecule has 1 saturated heterocycles. The Morgan fingerprint density at radius 3 is 2.09 bits per heavy atom. The monoisotopic (exact) mass is 329 g/mol. The zero-order chi connectivity index (χ0) is 16.8. The van der Waals surface area contributed by atoms with Crippen molar-refractivity contribution in [3.8, 4) is 0 Å². The highest BCUT2D eigenvalue weighted by Gasteiger charge is 2.44. The number of nitrogens with zero attached hydrogens (tertiary/aromatic N) is 1. The van der Waals surface area contributed by atoms with Crippen LogP contribution in [0.1, 0.15) is 28.8 Å². The van der Waals surface area contributed by atoms with Crippen LogP contribution < -0.4 is 0 Å². The summed E-state index contributed by atoms with van der Waals surface area (Å²) in [5, 5.41) is 19.4. The van der Waals surface area contributed by atoms with E-state index in [2.05, 4.69) is 0 Å². The van der Waals surface area contributed by atoms with E-state index in [1.165, 1.54) is 23.1 Å². The summed E-state index contributed by atoms with van der Waals surface area (Å²) < 4.78 is 39.2. The lowest BCUT2D eigenvalue weighted by Gasteiger charge is -2.31. The molecule has 2 aliphatic rings. The van der Waals surface area contributed by atoms with Crippen LogP contribution in [0.15, 0.2) is 24.3 Å². The molecule has 1 aliphatic carbocycles. The number of aliphatic hydroxyl groups excluding tert-OH is 2. The van der Waals surface area contributed by atoms with Gasteiger partial charge in [0.05, 0.1) is 23.3 Å². The molecule has 1 aromatic rings. The summed E-state index contributed by atoms with van der Waals surface area (Å²) in [6, 6.07) is 4.77. The molecule has 0 bridgehead atoms. The highest BCUT2D eigenvalue weighted by atomic mass is 19.4. The average molecular weight is 329 g/mol. The van der Waals surface area contributed by atoms with Gasteiger partial charge >= 0.3 is 6.18 Å². The van der Waals surface area contributed by atoms with Crippen LogP contribution in [0.4, 0.5) is 13.2 Å². The third-order valence-corrected chi connectivity index (χ3v) is 4.86. The molecule has 126 valence electrons. The largest absolute Gasteiger partial charge is 0.417 e. The molecule has 4 nitrogen and oxygen atoms in total. The van der Waals surface area contributed by atoms with Crippen molar-refractivity contribution in [3.63, 3.8) is 0 Å². The van der Waals surface area contributed by atoms with Gasteiger partial charge in [-0.1, -0.05) is 12.1 Å². The zero-order valence-corrected chi connectivity index (χ0v) is 12.3. The van der Waals surface area contributed by atoms with Crippen molar-refractivity contribution in [2.45, 2.75) is 31.2 Å². The third-order valence-electron chi connectivity index (χ3n) is 4.86. The predicted octanol–water partition coefficient (Wildman–Crippen LogP) is 1.91. The van der Waals surface area contributed by atoms with Gasteiger partial charge in [-0.25, -0.2) is 0 Å². The van der Waals surface area contributed by atoms with Crippen LogP contribution in [0.25, 0.3) is 0 Å². The Kier molecular flexibility index (Phi) is 4.10. The van der Waals surface area contributed by atoms with Crippen molar-refractivity contribution in [2.75, 3.05) is 13.1 Å². The van der Waals surface area contributed by atoms with E-state index in [4.69, 9.17) is 0 Å². The number of halogens is 3. The molecule has 0 radical (unpaired) electrons. The van der Waals surface area contributed by atoms with Gasteiger partial charge in [0.1, 0.15) is 0 Å². The first-order valence-corrected chi connectivity index (χ1v) is 7.59. The maximum atomic E-state index is 13.1. The van der Waals surface area contributed by atoms with E-state index in [0.29, 0.717) is 25.9 Å². The molecule has 4 unspecified atom stereocenters. The van der Waals surface area contributed by atoms with Gasteiger partial charge in [0.15, 0.2) is 0 Å². The van der Waals surface area contributed by atoms with E-state index < -0.39 is 29.9 Å². The van der Waals surface area contributed by atoms with Crippen LogP contribution in [0.3, 0.4) is 0 Å². The molecule has 2 N–H and O–H groups in total. The number of benzene rings is 1. The number of carbonyl (C=O) groups is 1. The van der Waals surface area contributed by atoms with Gasteiger partial charge in [0, 0.05) is 13.1 Å². The van der Waals surface area contributed by atoms with Crippen molar-refractivity contribution in [3.05, 3.63) is 35.4 Å². The van der Waals surface area contributed by atoms with Gasteiger partial charge in [0.25, 0.3) is 5.91 Å². The molecule has 1 saturated carbocycles. The summed E-state index contributed by atoms with van der Waals surface area (Å²) in [7, 11) is 0. The van der Waals surface area contributed by atoms with Crippen LogP contribution in [0, 0.1) is 11.8 Å². The summed E-state index contributed by atoms with van der Waals surface area (Å²) in [5.74, 6) is -0.595. The van der Waals surface area contributed by atoms with Crippen molar-refractivity contribution >= 4 is 5.91 Å². The highest BCUT2D eigenvalue weighted by Crippen LogP contribution is 2.38. The third kappa shape index (κ3) is 3.07. The number of amides is 1. The maximum Gasteiger partial charge on any atom is 0.417 e. The van der Waals surface area contributed by atoms with E-state index in [0.717, 1.165) is 6.07 Å². The van der Waals surface area contributed by atoms with E-state index in [9.17, 15) is 28.2 Å². The Labute approximate surface area is 131 Å². The van der Waals surface area contributed by atoms with Gasteiger partial charge in [-0.15, -0.1) is 0 Å². The molecule has 23 heavy (non-hydrogen) atoms. The lowest BCUT2D eigenvalue weighted by molar-refractivity contribution is -0.138. The molecular formula is C16H18F3NO3. The summed E-state index contributed by atoms with van der Waals surface area (Å²) in [4.78, 5) is 13.9. The Morgan fingerprint density at radius 1 is 1.04 bits per heavy atom. The van der Waals surface area contributed by atoms with Gasteiger partial charge in [-0.05, 0) is 36.8 Å². The molecule has 0 spiro atoms. The van der Waals surface area contributed by atoms with E-state index >= 15 is 0 Å². The maximum absolute atomic E-state index is 13.1. The molecule has 3 rings (SSSR count). The number of rotatable bonds is 1. The standard InChI is InChI=1S/C16H18F3NO3/c17-16(18,19)12-4-2-1-3-11(12)15(23)20-7-9-5-13(21)14(22)6-10(9)8-20/h1-4,9-10,13-14,21-22H,5-8H2. The van der Waals surface area contributed by atoms with Gasteiger partial charge in [-0.3, -0.25) is 4.79 Å². The number of likely N-dealkylation sites (tertiary alicyclic amines) is 1. The summed E-state index contributed by atoms with van der Waals surface area (Å²) in [5.41, 5.74) is -1.28. The number of fused-ring (bicyclic) bond motifs is 1. The van der Waals surface area contributed by atoms with Gasteiger partial charge < -0.3 is 15.1 Å². The second kappa shape index (κ2) is 5.79. The first-order chi connectivity index (χ1) is 10.8. The average Bonchev–Trinajstić information content (AvgIpc) is 2.89. The zero-order valence-electron chi connectivity index (χ0n) is 12.3. The number of aliphatic hydroxyl groups is 2. The number of alkyl halides is 3. The normalized spacial score (nSPS) is 31.1. The van der Waals surface area contributed by atoms with Crippen LogP contribution in [-0.4, -0.2) is 46.3 Å². The van der Waals surface area contributed by atoms with Crippen LogP contribution in [0.2, 0.25) is 0 Å². The van der Waals surface area contributed by atoms with Gasteiger partial charge in [0.2, 0.25) is 0 Å². The predicted molar refractivity (Wildman–Crippen MR) is 75.6 cm³/mol. The molecular weight excluding hydrogens is 311 g/mol. The van der Waals surface area contributed by atoms with Crippen molar-refractivity contribution in [1.29, 1.82) is 0 Å². The fourth-order valence-electron chi connectivity index (χ4n) is 3.66. The molecule has 4 atom stereocenters. The minimum atomic E-state index is -4.58. The van der Waals surface area contributed by atoms with Crippen LogP contribution in [-0.2, 0) is 6.18 Å². The molecule has 2 fully saturated rings. The highest BCUT2D eigenvalue weighted by molar-refractivity contribution is 5.96. The first kappa shape index (κ1) is 16.3. The summed E-state index contributed by atoms with van der Waals surface area (Å²) in [6.07, 6.45) is -5.49. The van der Waals surface area contributed by atoms with Crippen molar-refractivity contribution in [1.82, 2.24) is 4.90 Å². The van der Waals surface area contributed by atoms with Crippen LogP contribution in [0.5, 0.6) is 0 Å². The number of hydrogen-bond acceptors (Lipinski definition) is 3. The molecule has 1 heterocycles. The number of carbonyl (C=O) groups excluding carboxylic acids is 1. The van der Waals surface area contributed by atoms with Gasteiger partial charge in [-0.2, -0.15) is 13.2 Å². The molecule has 1 aromatic carbocycles. The molecule has 1 aliphatic heterocycles. The lowest BCUT2D eigenvalue weighted by Crippen LogP contribution is -2.38. The first-order valence-electron chi connectivity index (χ1n) is 7.59. The van der Waals surface area contributed by atoms with E-state index in [1.54, 1.807) is 0 Å². The molecule has 1 amide bonds. The fraction of sp³-hybridized carbons (Fsp3) is 0.562. The van der Waals surface area contributed by atoms with E-state index in [-0.39, 0.29) is 17.4 Å². The minimum absolute atomic E-state index is 0.0235. The van der Waals surface area contributed by atoms with E-state index in [1.807, 2.05) is 0 Å². The lowest BCUT2D eigenvalue weighted by atomic mass is 9.79. The molecule has 0 aromatic heterocycles. The van der Waals surface area contributed by atoms with Crippen molar-refractivity contribution in [2.24, 2.45) is 11.8 Å². The SMILES string of the molecule is O=C(c1ccccc1C(F)(F)F)N1CC2CC(O)C(O)CC2C1. The fourth-order valence-corrected chi connectivity index (χ4v) is 3.66. The smallest absolute Gasteiger partial charge is 0.390 e. The Hall–Kier alpha value is -1.60. The Balaban J connectivity index is 1.81. The second-order valence-corrected chi connectivity index (χ2v) is 6.38. The van der Waals surface area contributed by atoms with Crippen LogP contribution >= 0.6 is 0 Å². The number of hydrogen-bond donors (Lipinski definition) is 2. The molecule has 7 heteroatoms. The topological polar surface area (TPSA) is 60.8 Å². The quantitative estimate of drug-likeness (QED) is 0.827. The second-order valence-electron chi connectivity index (χ2n) is 6.38. The minimum Gasteiger partial charge on any atom is -0.390 e. The Morgan fingerprint density at radius 2 is 1.57 bits per heavy atom. The van der Waals surface area contributed by atoms with Crippen molar-refractivity contribution < 1.29 is 28.2 Å². The summed E-state index contributed by atoms with van der Waals surface area (Å²) in [6.45, 7) is 0.638.